The monoisotopic (exact) mass is 301 g/mol. The zero-order valence-corrected chi connectivity index (χ0v) is 12.5. The molecule has 2 nitrogen and oxygen atoms in total. The molecule has 2 N–H and O–H groups in total. The first-order valence-corrected chi connectivity index (χ1v) is 7.83. The van der Waals surface area contributed by atoms with E-state index >= 15 is 0 Å². The standard InChI is InChI=1S/C17H16FNOS/c1-2-21-14-6-3-11(4-7-14)17(19)16-10-12-9-13(18)5-8-15(12)20-16/h3-10,17H,2,19H2,1H3. The fraction of sp³-hybridized carbons (Fsp3) is 0.176. The number of benzene rings is 2. The minimum Gasteiger partial charge on any atom is -0.459 e. The van der Waals surface area contributed by atoms with Gasteiger partial charge in [-0.15, -0.1) is 11.8 Å². The molecule has 4 heteroatoms. The van der Waals surface area contributed by atoms with Crippen LogP contribution >= 0.6 is 11.8 Å². The molecule has 1 heterocycles. The van der Waals surface area contributed by atoms with Gasteiger partial charge in [0.15, 0.2) is 0 Å². The van der Waals surface area contributed by atoms with Crippen LogP contribution in [0.15, 0.2) is 57.8 Å². The Labute approximate surface area is 127 Å². The van der Waals surface area contributed by atoms with E-state index < -0.39 is 0 Å². The number of thioether (sulfide) groups is 1. The quantitative estimate of drug-likeness (QED) is 0.708. The molecule has 0 fully saturated rings. The Kier molecular flexibility index (Phi) is 3.99. The van der Waals surface area contributed by atoms with Gasteiger partial charge in [0.1, 0.15) is 17.2 Å². The number of halogens is 1. The summed E-state index contributed by atoms with van der Waals surface area (Å²) in [5.74, 6) is 1.41. The molecule has 0 aliphatic heterocycles. The van der Waals surface area contributed by atoms with Crippen molar-refractivity contribution in [1.82, 2.24) is 0 Å². The van der Waals surface area contributed by atoms with E-state index in [2.05, 4.69) is 19.1 Å². The van der Waals surface area contributed by atoms with E-state index in [0.29, 0.717) is 11.3 Å². The highest BCUT2D eigenvalue weighted by Gasteiger charge is 2.14. The molecule has 1 aromatic heterocycles. The number of hydrogen-bond donors (Lipinski definition) is 1. The molecule has 0 saturated carbocycles. The summed E-state index contributed by atoms with van der Waals surface area (Å²) in [5, 5.41) is 0.735. The summed E-state index contributed by atoms with van der Waals surface area (Å²) in [6.07, 6.45) is 0. The van der Waals surface area contributed by atoms with Crippen molar-refractivity contribution in [2.75, 3.05) is 5.75 Å². The lowest BCUT2D eigenvalue weighted by molar-refractivity contribution is 0.524. The fourth-order valence-corrected chi connectivity index (χ4v) is 2.95. The van der Waals surface area contributed by atoms with Crippen LogP contribution in [0.25, 0.3) is 11.0 Å². The van der Waals surface area contributed by atoms with Crippen molar-refractivity contribution in [3.05, 3.63) is 65.7 Å². The van der Waals surface area contributed by atoms with Gasteiger partial charge >= 0.3 is 0 Å². The first kappa shape index (κ1) is 14.2. The summed E-state index contributed by atoms with van der Waals surface area (Å²) in [5.41, 5.74) is 7.88. The maximum absolute atomic E-state index is 13.2. The van der Waals surface area contributed by atoms with Crippen molar-refractivity contribution in [3.8, 4) is 0 Å². The van der Waals surface area contributed by atoms with E-state index in [4.69, 9.17) is 10.2 Å². The zero-order valence-electron chi connectivity index (χ0n) is 11.7. The van der Waals surface area contributed by atoms with E-state index in [1.54, 1.807) is 23.9 Å². The van der Waals surface area contributed by atoms with Crippen molar-refractivity contribution in [3.63, 3.8) is 0 Å². The van der Waals surface area contributed by atoms with Gasteiger partial charge < -0.3 is 10.2 Å². The lowest BCUT2D eigenvalue weighted by Gasteiger charge is -2.09. The normalized spacial score (nSPS) is 12.7. The van der Waals surface area contributed by atoms with Crippen molar-refractivity contribution < 1.29 is 8.81 Å². The Morgan fingerprint density at radius 1 is 1.14 bits per heavy atom. The Balaban J connectivity index is 1.90. The SMILES string of the molecule is CCSc1ccc(C(N)c2cc3cc(F)ccc3o2)cc1. The van der Waals surface area contributed by atoms with E-state index in [9.17, 15) is 4.39 Å². The summed E-state index contributed by atoms with van der Waals surface area (Å²) in [4.78, 5) is 1.22. The molecule has 0 bridgehead atoms. The Morgan fingerprint density at radius 3 is 2.62 bits per heavy atom. The van der Waals surface area contributed by atoms with Gasteiger partial charge in [-0.2, -0.15) is 0 Å². The minimum absolute atomic E-state index is 0.274. The van der Waals surface area contributed by atoms with Crippen molar-refractivity contribution in [2.45, 2.75) is 17.9 Å². The second kappa shape index (κ2) is 5.92. The van der Waals surface area contributed by atoms with E-state index in [0.717, 1.165) is 16.7 Å². The van der Waals surface area contributed by atoms with Crippen LogP contribution in [-0.4, -0.2) is 5.75 Å². The molecule has 0 radical (unpaired) electrons. The van der Waals surface area contributed by atoms with Gasteiger partial charge in [-0.1, -0.05) is 19.1 Å². The summed E-state index contributed by atoms with van der Waals surface area (Å²) in [6.45, 7) is 2.12. The zero-order chi connectivity index (χ0) is 14.8. The molecule has 2 aromatic carbocycles. The van der Waals surface area contributed by atoms with Gasteiger partial charge in [0.25, 0.3) is 0 Å². The van der Waals surface area contributed by atoms with Crippen LogP contribution < -0.4 is 5.73 Å². The molecule has 1 unspecified atom stereocenters. The highest BCUT2D eigenvalue weighted by Crippen LogP contribution is 2.28. The van der Waals surface area contributed by atoms with E-state index in [1.165, 1.54) is 17.0 Å². The molecule has 1 atom stereocenters. The number of nitrogens with two attached hydrogens (primary N) is 1. The highest BCUT2D eigenvalue weighted by atomic mass is 32.2. The predicted octanol–water partition coefficient (Wildman–Crippen LogP) is 4.73. The molecule has 0 amide bonds. The van der Waals surface area contributed by atoms with Crippen LogP contribution in [-0.2, 0) is 0 Å². The molecule has 3 aromatic rings. The van der Waals surface area contributed by atoms with Gasteiger partial charge in [0, 0.05) is 10.3 Å². The average Bonchev–Trinajstić information content (AvgIpc) is 2.90. The number of hydrogen-bond acceptors (Lipinski definition) is 3. The molecule has 3 rings (SSSR count). The van der Waals surface area contributed by atoms with E-state index in [1.807, 2.05) is 12.1 Å². The second-order valence-corrected chi connectivity index (χ2v) is 6.15. The third-order valence-corrected chi connectivity index (χ3v) is 4.25. The molecule has 21 heavy (non-hydrogen) atoms. The van der Waals surface area contributed by atoms with Gasteiger partial charge in [0.2, 0.25) is 0 Å². The topological polar surface area (TPSA) is 39.2 Å². The van der Waals surface area contributed by atoms with Crippen LogP contribution in [0.2, 0.25) is 0 Å². The lowest BCUT2D eigenvalue weighted by atomic mass is 10.1. The third kappa shape index (κ3) is 2.96. The first-order chi connectivity index (χ1) is 10.2. The minimum atomic E-state index is -0.346. The maximum atomic E-state index is 13.2. The summed E-state index contributed by atoms with van der Waals surface area (Å²) < 4.78 is 18.9. The van der Waals surface area contributed by atoms with E-state index in [-0.39, 0.29) is 11.9 Å². The summed E-state index contributed by atoms with van der Waals surface area (Å²) in [7, 11) is 0. The largest absolute Gasteiger partial charge is 0.459 e. The van der Waals surface area contributed by atoms with Crippen molar-refractivity contribution in [1.29, 1.82) is 0 Å². The van der Waals surface area contributed by atoms with Gasteiger partial charge in [-0.3, -0.25) is 0 Å². The fourth-order valence-electron chi connectivity index (χ4n) is 2.29. The average molecular weight is 301 g/mol. The smallest absolute Gasteiger partial charge is 0.134 e. The van der Waals surface area contributed by atoms with Crippen molar-refractivity contribution in [2.24, 2.45) is 5.73 Å². The highest BCUT2D eigenvalue weighted by molar-refractivity contribution is 7.99. The van der Waals surface area contributed by atoms with Crippen LogP contribution in [0.3, 0.4) is 0 Å². The Bertz CT molecular complexity index is 751. The van der Waals surface area contributed by atoms with Crippen LogP contribution in [0.4, 0.5) is 4.39 Å². The summed E-state index contributed by atoms with van der Waals surface area (Å²) in [6, 6.07) is 14.1. The first-order valence-electron chi connectivity index (χ1n) is 6.84. The van der Waals surface area contributed by atoms with Crippen LogP contribution in [0, 0.1) is 5.82 Å². The Hall–Kier alpha value is -1.78. The van der Waals surface area contributed by atoms with Crippen LogP contribution in [0.1, 0.15) is 24.3 Å². The number of rotatable bonds is 4. The lowest BCUT2D eigenvalue weighted by Crippen LogP contribution is -2.10. The molecule has 108 valence electrons. The molecule has 0 aliphatic carbocycles. The second-order valence-electron chi connectivity index (χ2n) is 4.81. The summed E-state index contributed by atoms with van der Waals surface area (Å²) >= 11 is 1.79. The molecule has 0 spiro atoms. The Morgan fingerprint density at radius 2 is 1.90 bits per heavy atom. The molecule has 0 saturated heterocycles. The molecule has 0 aliphatic rings. The number of furan rings is 1. The molecular weight excluding hydrogens is 285 g/mol. The van der Waals surface area contributed by atoms with Gasteiger partial charge in [-0.25, -0.2) is 4.39 Å². The maximum Gasteiger partial charge on any atom is 0.134 e. The molecular formula is C17H16FNOS. The van der Waals surface area contributed by atoms with Crippen molar-refractivity contribution >= 4 is 22.7 Å². The predicted molar refractivity (Wildman–Crippen MR) is 85.0 cm³/mol. The van der Waals surface area contributed by atoms with Crippen LogP contribution in [0.5, 0.6) is 0 Å². The number of fused-ring (bicyclic) bond motifs is 1. The third-order valence-electron chi connectivity index (χ3n) is 3.35. The van der Waals surface area contributed by atoms with Gasteiger partial charge in [0.05, 0.1) is 6.04 Å². The van der Waals surface area contributed by atoms with Gasteiger partial charge in [-0.05, 0) is 47.7 Å².